The van der Waals surface area contributed by atoms with Crippen LogP contribution >= 0.6 is 11.6 Å². The van der Waals surface area contributed by atoms with E-state index < -0.39 is 5.97 Å². The first-order valence-corrected chi connectivity index (χ1v) is 14.4. The van der Waals surface area contributed by atoms with Crippen LogP contribution in [0.4, 0.5) is 0 Å². The van der Waals surface area contributed by atoms with Gasteiger partial charge in [0.05, 0.1) is 12.5 Å². The van der Waals surface area contributed by atoms with Gasteiger partial charge in [0, 0.05) is 37.0 Å². The van der Waals surface area contributed by atoms with Crippen molar-refractivity contribution >= 4 is 29.4 Å². The zero-order valence-electron chi connectivity index (χ0n) is 22.9. The number of aliphatic carboxylic acids is 1. The smallest absolute Gasteiger partial charge is 0.306 e. The van der Waals surface area contributed by atoms with Gasteiger partial charge in [-0.2, -0.15) is 0 Å². The largest absolute Gasteiger partial charge is 0.491 e. The summed E-state index contributed by atoms with van der Waals surface area (Å²) in [5.41, 5.74) is 3.47. The lowest BCUT2D eigenvalue weighted by atomic mass is 9.81. The van der Waals surface area contributed by atoms with E-state index in [0.29, 0.717) is 23.8 Å². The maximum absolute atomic E-state index is 11.9. The number of aryl methyl sites for hydroxylation is 1. The highest BCUT2D eigenvalue weighted by atomic mass is 35.5. The van der Waals surface area contributed by atoms with Crippen LogP contribution in [0.25, 0.3) is 0 Å². The number of likely N-dealkylation sites (tertiary alicyclic amines) is 1. The molecule has 0 bridgehead atoms. The summed E-state index contributed by atoms with van der Waals surface area (Å²) in [5, 5.41) is 10.1. The quantitative estimate of drug-likeness (QED) is 0.329. The second-order valence-corrected chi connectivity index (χ2v) is 11.2. The van der Waals surface area contributed by atoms with Gasteiger partial charge in [0.1, 0.15) is 12.4 Å². The number of rotatable bonds is 12. The maximum Gasteiger partial charge on any atom is 0.306 e. The monoisotopic (exact) mass is 554 g/mol. The summed E-state index contributed by atoms with van der Waals surface area (Å²) in [6, 6.07) is 14.4. The van der Waals surface area contributed by atoms with Crippen molar-refractivity contribution in [3.8, 4) is 5.75 Å². The van der Waals surface area contributed by atoms with Crippen molar-refractivity contribution in [1.29, 1.82) is 0 Å². The molecule has 1 saturated heterocycles. The maximum atomic E-state index is 11.9. The standard InChI is InChI=1S/C31H39ClN2O5/c1-3-24-18-23(6-13-28(24)39-17-16-34-29(35)14-15-30(34)36)20-33(21(2)25-9-11-27(32)12-10-25)19-22-4-7-26(8-5-22)31(37)38/h6,9-13,18,21-22,26H,3-5,7-8,14-17,19-20H2,1-2H3,(H,37,38)/t21-,22?,26?/m0/s1. The van der Waals surface area contributed by atoms with E-state index in [2.05, 4.69) is 43.0 Å². The predicted octanol–water partition coefficient (Wildman–Crippen LogP) is 5.88. The zero-order chi connectivity index (χ0) is 27.9. The molecule has 2 fully saturated rings. The van der Waals surface area contributed by atoms with Crippen molar-refractivity contribution in [3.05, 3.63) is 64.2 Å². The fourth-order valence-corrected chi connectivity index (χ4v) is 5.86. The van der Waals surface area contributed by atoms with Gasteiger partial charge in [0.25, 0.3) is 0 Å². The highest BCUT2D eigenvalue weighted by Gasteiger charge is 2.29. The number of carboxylic acid groups (broad SMARTS) is 1. The van der Waals surface area contributed by atoms with Crippen LogP contribution in [-0.4, -0.2) is 52.4 Å². The van der Waals surface area contributed by atoms with Gasteiger partial charge >= 0.3 is 5.97 Å². The molecule has 0 aromatic heterocycles. The van der Waals surface area contributed by atoms with E-state index in [1.165, 1.54) is 16.0 Å². The molecule has 0 radical (unpaired) electrons. The summed E-state index contributed by atoms with van der Waals surface area (Å²) < 4.78 is 6.01. The lowest BCUT2D eigenvalue weighted by Crippen LogP contribution is -2.34. The summed E-state index contributed by atoms with van der Waals surface area (Å²) in [6.45, 7) is 6.52. The topological polar surface area (TPSA) is 87.2 Å². The Morgan fingerprint density at radius 2 is 1.74 bits per heavy atom. The fraction of sp³-hybridized carbons (Fsp3) is 0.516. The number of carbonyl (C=O) groups excluding carboxylic acids is 2. The van der Waals surface area contributed by atoms with Crippen LogP contribution in [0.1, 0.15) is 75.1 Å². The SMILES string of the molecule is CCc1cc(CN(CC2CCC(C(=O)O)CC2)[C@@H](C)c2ccc(Cl)cc2)ccc1OCCN1C(=O)CCC1=O. The Balaban J connectivity index is 1.45. The lowest BCUT2D eigenvalue weighted by molar-refractivity contribution is -0.143. The first-order valence-electron chi connectivity index (χ1n) is 14.0. The highest BCUT2D eigenvalue weighted by molar-refractivity contribution is 6.30. The minimum absolute atomic E-state index is 0.124. The Morgan fingerprint density at radius 1 is 1.08 bits per heavy atom. The van der Waals surface area contributed by atoms with E-state index in [0.717, 1.165) is 56.5 Å². The number of carbonyl (C=O) groups is 3. The number of hydrogen-bond acceptors (Lipinski definition) is 5. The normalized spacial score (nSPS) is 20.5. The molecule has 1 N–H and O–H groups in total. The van der Waals surface area contributed by atoms with Crippen molar-refractivity contribution < 1.29 is 24.2 Å². The molecule has 39 heavy (non-hydrogen) atoms. The molecule has 210 valence electrons. The van der Waals surface area contributed by atoms with Gasteiger partial charge in [-0.05, 0) is 79.8 Å². The van der Waals surface area contributed by atoms with Gasteiger partial charge in [-0.1, -0.05) is 42.8 Å². The Hall–Kier alpha value is -2.90. The molecule has 2 amide bonds. The van der Waals surface area contributed by atoms with Crippen LogP contribution in [0.3, 0.4) is 0 Å². The fourth-order valence-electron chi connectivity index (χ4n) is 5.74. The molecule has 1 heterocycles. The van der Waals surface area contributed by atoms with Gasteiger partial charge in [-0.15, -0.1) is 0 Å². The molecule has 2 aliphatic rings. The molecule has 8 heteroatoms. The first-order chi connectivity index (χ1) is 18.7. The Morgan fingerprint density at radius 3 is 2.36 bits per heavy atom. The van der Waals surface area contributed by atoms with Gasteiger partial charge in [0.2, 0.25) is 11.8 Å². The van der Waals surface area contributed by atoms with E-state index in [1.54, 1.807) is 0 Å². The van der Waals surface area contributed by atoms with Gasteiger partial charge < -0.3 is 9.84 Å². The molecule has 0 spiro atoms. The summed E-state index contributed by atoms with van der Waals surface area (Å²) in [6.07, 6.45) is 4.72. The summed E-state index contributed by atoms with van der Waals surface area (Å²) in [4.78, 5) is 38.9. The Labute approximate surface area is 236 Å². The first kappa shape index (κ1) is 29.1. The average Bonchev–Trinajstić information content (AvgIpc) is 3.26. The van der Waals surface area contributed by atoms with Crippen LogP contribution in [0.5, 0.6) is 5.75 Å². The average molecular weight is 555 g/mol. The van der Waals surface area contributed by atoms with Crippen molar-refractivity contribution in [1.82, 2.24) is 9.80 Å². The molecular weight excluding hydrogens is 516 g/mol. The van der Waals surface area contributed by atoms with E-state index in [1.807, 2.05) is 18.2 Å². The number of amides is 2. The van der Waals surface area contributed by atoms with Crippen molar-refractivity contribution in [2.75, 3.05) is 19.7 Å². The molecule has 1 atom stereocenters. The van der Waals surface area contributed by atoms with Crippen LogP contribution < -0.4 is 4.74 Å². The van der Waals surface area contributed by atoms with Crippen LogP contribution in [-0.2, 0) is 27.3 Å². The van der Waals surface area contributed by atoms with E-state index in [4.69, 9.17) is 16.3 Å². The van der Waals surface area contributed by atoms with E-state index in [9.17, 15) is 19.5 Å². The Bertz CT molecular complexity index is 1140. The lowest BCUT2D eigenvalue weighted by Gasteiger charge is -2.35. The van der Waals surface area contributed by atoms with Gasteiger partial charge in [0.15, 0.2) is 0 Å². The van der Waals surface area contributed by atoms with E-state index in [-0.39, 0.29) is 36.9 Å². The van der Waals surface area contributed by atoms with Gasteiger partial charge in [-0.25, -0.2) is 0 Å². The number of carboxylic acids is 1. The predicted molar refractivity (Wildman–Crippen MR) is 151 cm³/mol. The number of nitrogens with zero attached hydrogens (tertiary/aromatic N) is 2. The number of imide groups is 1. The Kier molecular flexibility index (Phi) is 10.0. The van der Waals surface area contributed by atoms with Gasteiger partial charge in [-0.3, -0.25) is 24.2 Å². The van der Waals surface area contributed by atoms with Crippen LogP contribution in [0.15, 0.2) is 42.5 Å². The number of ether oxygens (including phenoxy) is 1. The van der Waals surface area contributed by atoms with Crippen LogP contribution in [0, 0.1) is 11.8 Å². The molecule has 1 aliphatic heterocycles. The highest BCUT2D eigenvalue weighted by Crippen LogP contribution is 2.33. The van der Waals surface area contributed by atoms with E-state index >= 15 is 0 Å². The molecule has 1 aliphatic carbocycles. The second kappa shape index (κ2) is 13.4. The second-order valence-electron chi connectivity index (χ2n) is 10.8. The molecule has 2 aromatic carbocycles. The number of hydrogen-bond donors (Lipinski definition) is 1. The van der Waals surface area contributed by atoms with Crippen molar-refractivity contribution in [3.63, 3.8) is 0 Å². The van der Waals surface area contributed by atoms with Crippen molar-refractivity contribution in [2.24, 2.45) is 11.8 Å². The minimum Gasteiger partial charge on any atom is -0.491 e. The molecular formula is C31H39ClN2O5. The number of benzene rings is 2. The van der Waals surface area contributed by atoms with Crippen LogP contribution in [0.2, 0.25) is 5.02 Å². The third-order valence-corrected chi connectivity index (χ3v) is 8.46. The third kappa shape index (κ3) is 7.61. The molecule has 2 aromatic rings. The minimum atomic E-state index is -0.673. The van der Waals surface area contributed by atoms with Crippen molar-refractivity contribution in [2.45, 2.75) is 71.4 Å². The molecule has 4 rings (SSSR count). The number of halogens is 1. The summed E-state index contributed by atoms with van der Waals surface area (Å²) in [7, 11) is 0. The zero-order valence-corrected chi connectivity index (χ0v) is 23.7. The third-order valence-electron chi connectivity index (χ3n) is 8.21. The summed E-state index contributed by atoms with van der Waals surface area (Å²) >= 11 is 6.15. The summed E-state index contributed by atoms with van der Waals surface area (Å²) in [5.74, 6) is 0.101. The molecule has 0 unspecified atom stereocenters. The molecule has 7 nitrogen and oxygen atoms in total. The molecule has 1 saturated carbocycles.